The van der Waals surface area contributed by atoms with Gasteiger partial charge in [0.05, 0.1) is 6.61 Å². The zero-order valence-electron chi connectivity index (χ0n) is 10.2. The zero-order chi connectivity index (χ0) is 14.7. The molecule has 0 aromatic heterocycles. The van der Waals surface area contributed by atoms with Gasteiger partial charge >= 0.3 is 0 Å². The Hall–Kier alpha value is -1.53. The van der Waals surface area contributed by atoms with Crippen molar-refractivity contribution in [2.75, 3.05) is 0 Å². The maximum absolute atomic E-state index is 13.6. The Balaban J connectivity index is 2.19. The molecule has 0 radical (unpaired) electrons. The van der Waals surface area contributed by atoms with Gasteiger partial charge in [0.2, 0.25) is 0 Å². The molecule has 0 aliphatic carbocycles. The highest BCUT2D eigenvalue weighted by Gasteiger charge is 2.13. The highest BCUT2D eigenvalue weighted by atomic mass is 79.9. The van der Waals surface area contributed by atoms with Gasteiger partial charge in [0.25, 0.3) is 0 Å². The first-order valence-electron chi connectivity index (χ1n) is 5.66. The van der Waals surface area contributed by atoms with Gasteiger partial charge in [-0.3, -0.25) is 0 Å². The molecule has 20 heavy (non-hydrogen) atoms. The third-order valence-corrected chi connectivity index (χ3v) is 3.37. The molecule has 0 spiro atoms. The molecule has 0 aliphatic heterocycles. The van der Waals surface area contributed by atoms with Crippen LogP contribution in [0.1, 0.15) is 11.1 Å². The van der Waals surface area contributed by atoms with Crippen LogP contribution in [0, 0.1) is 17.5 Å². The molecular weight excluding hydrogens is 337 g/mol. The predicted octanol–water partition coefficient (Wildman–Crippen LogP) is 3.94. The normalized spacial score (nSPS) is 10.7. The molecule has 0 aliphatic rings. The third kappa shape index (κ3) is 3.32. The Morgan fingerprint density at radius 3 is 2.25 bits per heavy atom. The summed E-state index contributed by atoms with van der Waals surface area (Å²) in [5.41, 5.74) is 0.673. The van der Waals surface area contributed by atoms with E-state index in [9.17, 15) is 13.2 Å². The molecule has 0 fully saturated rings. The lowest BCUT2D eigenvalue weighted by molar-refractivity contribution is 0.265. The second-order valence-corrected chi connectivity index (χ2v) is 4.93. The second kappa shape index (κ2) is 6.28. The Labute approximate surface area is 121 Å². The highest BCUT2D eigenvalue weighted by Crippen LogP contribution is 2.26. The lowest BCUT2D eigenvalue weighted by atomic mass is 10.2. The van der Waals surface area contributed by atoms with Crippen molar-refractivity contribution in [3.8, 4) is 5.75 Å². The molecule has 106 valence electrons. The van der Waals surface area contributed by atoms with Crippen molar-refractivity contribution >= 4 is 15.9 Å². The number of hydrogen-bond acceptors (Lipinski definition) is 2. The molecule has 0 unspecified atom stereocenters. The predicted molar refractivity (Wildman–Crippen MR) is 70.7 cm³/mol. The summed E-state index contributed by atoms with van der Waals surface area (Å²) in [5, 5.41) is 8.83. The molecule has 0 atom stereocenters. The minimum absolute atomic E-state index is 0.118. The number of hydrogen-bond donors (Lipinski definition) is 1. The lowest BCUT2D eigenvalue weighted by Gasteiger charge is -2.10. The Bertz CT molecular complexity index is 609. The summed E-state index contributed by atoms with van der Waals surface area (Å²) in [7, 11) is 0. The zero-order valence-corrected chi connectivity index (χ0v) is 11.8. The van der Waals surface area contributed by atoms with Crippen molar-refractivity contribution < 1.29 is 23.0 Å². The highest BCUT2D eigenvalue weighted by molar-refractivity contribution is 9.10. The van der Waals surface area contributed by atoms with Gasteiger partial charge in [-0.25, -0.2) is 13.2 Å². The fourth-order valence-corrected chi connectivity index (χ4v) is 2.10. The number of aliphatic hydroxyl groups is 1. The molecule has 0 amide bonds. The van der Waals surface area contributed by atoms with Crippen molar-refractivity contribution in [3.05, 3.63) is 63.4 Å². The van der Waals surface area contributed by atoms with Gasteiger partial charge in [-0.05, 0) is 29.8 Å². The van der Waals surface area contributed by atoms with Crippen LogP contribution in [0.3, 0.4) is 0 Å². The Morgan fingerprint density at radius 1 is 1.05 bits per heavy atom. The molecule has 0 heterocycles. The van der Waals surface area contributed by atoms with Gasteiger partial charge in [-0.1, -0.05) is 22.0 Å². The van der Waals surface area contributed by atoms with E-state index >= 15 is 0 Å². The van der Waals surface area contributed by atoms with E-state index in [2.05, 4.69) is 15.9 Å². The lowest BCUT2D eigenvalue weighted by Crippen LogP contribution is -2.02. The average Bonchev–Trinajstić information content (AvgIpc) is 2.39. The number of aliphatic hydroxyl groups excluding tert-OH is 1. The van der Waals surface area contributed by atoms with Crippen LogP contribution >= 0.6 is 15.9 Å². The molecule has 2 rings (SSSR count). The van der Waals surface area contributed by atoms with Gasteiger partial charge in [0, 0.05) is 10.0 Å². The largest absolute Gasteiger partial charge is 0.483 e. The van der Waals surface area contributed by atoms with Crippen LogP contribution < -0.4 is 4.74 Å². The maximum Gasteiger partial charge on any atom is 0.191 e. The minimum Gasteiger partial charge on any atom is -0.483 e. The van der Waals surface area contributed by atoms with E-state index in [1.54, 1.807) is 0 Å². The summed E-state index contributed by atoms with van der Waals surface area (Å²) < 4.78 is 45.7. The molecular formula is C14H10BrF3O2. The second-order valence-electron chi connectivity index (χ2n) is 4.07. The van der Waals surface area contributed by atoms with E-state index in [1.165, 1.54) is 18.2 Å². The topological polar surface area (TPSA) is 29.5 Å². The summed E-state index contributed by atoms with van der Waals surface area (Å²) in [5.74, 6) is -2.75. The SMILES string of the molecule is OCc1cc(F)c(OCc2ccc(F)cc2Br)c(F)c1. The fraction of sp³-hybridized carbons (Fsp3) is 0.143. The van der Waals surface area contributed by atoms with Crippen LogP contribution in [-0.2, 0) is 13.2 Å². The van der Waals surface area contributed by atoms with Gasteiger partial charge in [0.1, 0.15) is 12.4 Å². The molecule has 0 bridgehead atoms. The first kappa shape index (κ1) is 14.9. The van der Waals surface area contributed by atoms with Gasteiger partial charge in [-0.2, -0.15) is 0 Å². The molecule has 2 aromatic carbocycles. The van der Waals surface area contributed by atoms with Crippen molar-refractivity contribution in [2.45, 2.75) is 13.2 Å². The number of benzene rings is 2. The van der Waals surface area contributed by atoms with Crippen LogP contribution in [-0.4, -0.2) is 5.11 Å². The summed E-state index contributed by atoms with van der Waals surface area (Å²) in [6.07, 6.45) is 0. The fourth-order valence-electron chi connectivity index (χ4n) is 1.63. The number of halogens is 4. The summed E-state index contributed by atoms with van der Waals surface area (Å²) in [6.45, 7) is -0.579. The summed E-state index contributed by atoms with van der Waals surface area (Å²) >= 11 is 3.14. The average molecular weight is 347 g/mol. The molecule has 2 nitrogen and oxygen atoms in total. The Morgan fingerprint density at radius 2 is 1.70 bits per heavy atom. The number of ether oxygens (including phenoxy) is 1. The smallest absolute Gasteiger partial charge is 0.191 e. The Kier molecular flexibility index (Phi) is 4.67. The van der Waals surface area contributed by atoms with Gasteiger partial charge in [-0.15, -0.1) is 0 Å². The molecule has 1 N–H and O–H groups in total. The standard InChI is InChI=1S/C14H10BrF3O2/c15-11-5-10(16)2-1-9(11)7-20-14-12(17)3-8(6-19)4-13(14)18/h1-5,19H,6-7H2. The van der Waals surface area contributed by atoms with Crippen LogP contribution in [0.5, 0.6) is 5.75 Å². The van der Waals surface area contributed by atoms with Crippen molar-refractivity contribution in [1.82, 2.24) is 0 Å². The van der Waals surface area contributed by atoms with E-state index in [0.29, 0.717) is 10.0 Å². The molecule has 0 saturated heterocycles. The van der Waals surface area contributed by atoms with Crippen molar-refractivity contribution in [2.24, 2.45) is 0 Å². The van der Waals surface area contributed by atoms with E-state index < -0.39 is 29.8 Å². The van der Waals surface area contributed by atoms with Crippen molar-refractivity contribution in [1.29, 1.82) is 0 Å². The quantitative estimate of drug-likeness (QED) is 0.908. The first-order chi connectivity index (χ1) is 9.51. The van der Waals surface area contributed by atoms with Crippen LogP contribution in [0.15, 0.2) is 34.8 Å². The van der Waals surface area contributed by atoms with E-state index in [4.69, 9.17) is 9.84 Å². The first-order valence-corrected chi connectivity index (χ1v) is 6.46. The van der Waals surface area contributed by atoms with Crippen LogP contribution in [0.4, 0.5) is 13.2 Å². The van der Waals surface area contributed by atoms with E-state index in [0.717, 1.165) is 12.1 Å². The third-order valence-electron chi connectivity index (χ3n) is 2.63. The maximum atomic E-state index is 13.6. The van der Waals surface area contributed by atoms with Crippen LogP contribution in [0.25, 0.3) is 0 Å². The van der Waals surface area contributed by atoms with E-state index in [1.807, 2.05) is 0 Å². The van der Waals surface area contributed by atoms with Crippen molar-refractivity contribution in [3.63, 3.8) is 0 Å². The molecule has 6 heteroatoms. The monoisotopic (exact) mass is 346 g/mol. The number of rotatable bonds is 4. The van der Waals surface area contributed by atoms with Crippen LogP contribution in [0.2, 0.25) is 0 Å². The summed E-state index contributed by atoms with van der Waals surface area (Å²) in [4.78, 5) is 0. The minimum atomic E-state index is -0.896. The molecule has 2 aromatic rings. The summed E-state index contributed by atoms with van der Waals surface area (Å²) in [6, 6.07) is 5.92. The van der Waals surface area contributed by atoms with Gasteiger partial charge < -0.3 is 9.84 Å². The van der Waals surface area contributed by atoms with E-state index in [-0.39, 0.29) is 12.2 Å². The molecule has 0 saturated carbocycles. The van der Waals surface area contributed by atoms with Gasteiger partial charge in [0.15, 0.2) is 17.4 Å².